The first-order valence-corrected chi connectivity index (χ1v) is 8.54. The van der Waals surface area contributed by atoms with E-state index in [1.165, 1.54) is 12.1 Å². The summed E-state index contributed by atoms with van der Waals surface area (Å²) in [5, 5.41) is 26.3. The molecule has 28 heavy (non-hydrogen) atoms. The highest BCUT2D eigenvalue weighted by Crippen LogP contribution is 2.26. The van der Waals surface area contributed by atoms with Gasteiger partial charge in [0.2, 0.25) is 0 Å². The molecule has 1 N–H and O–H groups in total. The average Bonchev–Trinajstić information content (AvgIpc) is 2.72. The fourth-order valence-electron chi connectivity index (χ4n) is 2.33. The molecule has 3 rings (SSSR count). The molecule has 0 amide bonds. The van der Waals surface area contributed by atoms with Crippen molar-refractivity contribution in [3.63, 3.8) is 0 Å². The minimum Gasteiger partial charge on any atom is -0.507 e. The van der Waals surface area contributed by atoms with Crippen molar-refractivity contribution in [3.8, 4) is 5.75 Å². The SMILES string of the molecule is CN(C)c1ccc(N=Nc2ccc(N=Nc3ccc(C=O)c(O)c3)cc2)cc1. The van der Waals surface area contributed by atoms with E-state index in [1.807, 2.05) is 43.3 Å². The van der Waals surface area contributed by atoms with Crippen LogP contribution in [0.1, 0.15) is 10.4 Å². The van der Waals surface area contributed by atoms with Gasteiger partial charge in [-0.2, -0.15) is 20.5 Å². The first kappa shape index (κ1) is 18.9. The van der Waals surface area contributed by atoms with Gasteiger partial charge < -0.3 is 10.0 Å². The van der Waals surface area contributed by atoms with E-state index in [2.05, 4.69) is 20.5 Å². The lowest BCUT2D eigenvalue weighted by atomic mass is 10.2. The van der Waals surface area contributed by atoms with Crippen LogP contribution < -0.4 is 4.90 Å². The van der Waals surface area contributed by atoms with E-state index in [4.69, 9.17) is 0 Å². The van der Waals surface area contributed by atoms with Crippen LogP contribution in [0.4, 0.5) is 28.4 Å². The Kier molecular flexibility index (Phi) is 5.86. The lowest BCUT2D eigenvalue weighted by Crippen LogP contribution is -2.07. The third-order valence-corrected chi connectivity index (χ3v) is 3.92. The van der Waals surface area contributed by atoms with Gasteiger partial charge in [-0.05, 0) is 60.7 Å². The number of aromatic hydroxyl groups is 1. The molecule has 0 heterocycles. The fourth-order valence-corrected chi connectivity index (χ4v) is 2.33. The maximum Gasteiger partial charge on any atom is 0.153 e. The highest BCUT2D eigenvalue weighted by atomic mass is 16.3. The van der Waals surface area contributed by atoms with Crippen LogP contribution in [0.15, 0.2) is 87.2 Å². The topological polar surface area (TPSA) is 90.0 Å². The number of hydrogen-bond donors (Lipinski definition) is 1. The van der Waals surface area contributed by atoms with Crippen molar-refractivity contribution >= 4 is 34.7 Å². The van der Waals surface area contributed by atoms with Crippen molar-refractivity contribution in [2.75, 3.05) is 19.0 Å². The molecule has 0 fully saturated rings. The van der Waals surface area contributed by atoms with Crippen LogP contribution in [-0.2, 0) is 0 Å². The first-order chi connectivity index (χ1) is 13.5. The second kappa shape index (κ2) is 8.68. The molecule has 0 aromatic heterocycles. The monoisotopic (exact) mass is 373 g/mol. The molecule has 0 aliphatic carbocycles. The van der Waals surface area contributed by atoms with Crippen LogP contribution in [0.3, 0.4) is 0 Å². The number of aldehydes is 1. The summed E-state index contributed by atoms with van der Waals surface area (Å²) in [6, 6.07) is 19.4. The van der Waals surface area contributed by atoms with Gasteiger partial charge in [-0.1, -0.05) is 0 Å². The van der Waals surface area contributed by atoms with Crippen molar-refractivity contribution in [1.29, 1.82) is 0 Å². The summed E-state index contributed by atoms with van der Waals surface area (Å²) in [7, 11) is 3.97. The summed E-state index contributed by atoms with van der Waals surface area (Å²) < 4.78 is 0. The largest absolute Gasteiger partial charge is 0.507 e. The molecule has 3 aromatic carbocycles. The van der Waals surface area contributed by atoms with Gasteiger partial charge in [-0.15, -0.1) is 0 Å². The Hall–Kier alpha value is -3.87. The molecule has 0 saturated heterocycles. The third kappa shape index (κ3) is 4.85. The minimum atomic E-state index is -0.124. The molecule has 0 spiro atoms. The summed E-state index contributed by atoms with van der Waals surface area (Å²) in [5.74, 6) is -0.124. The molecule has 7 nitrogen and oxygen atoms in total. The van der Waals surface area contributed by atoms with Crippen LogP contribution >= 0.6 is 0 Å². The maximum atomic E-state index is 10.7. The molecule has 0 unspecified atom stereocenters. The van der Waals surface area contributed by atoms with Crippen LogP contribution in [0.2, 0.25) is 0 Å². The second-order valence-corrected chi connectivity index (χ2v) is 6.19. The number of hydrogen-bond acceptors (Lipinski definition) is 7. The summed E-state index contributed by atoms with van der Waals surface area (Å²) in [6.45, 7) is 0. The van der Waals surface area contributed by atoms with Gasteiger partial charge in [-0.25, -0.2) is 0 Å². The van der Waals surface area contributed by atoms with E-state index >= 15 is 0 Å². The van der Waals surface area contributed by atoms with E-state index in [1.54, 1.807) is 30.3 Å². The molecular weight excluding hydrogens is 354 g/mol. The molecule has 0 bridgehead atoms. The van der Waals surface area contributed by atoms with Gasteiger partial charge >= 0.3 is 0 Å². The van der Waals surface area contributed by atoms with Crippen LogP contribution in [0.25, 0.3) is 0 Å². The van der Waals surface area contributed by atoms with Gasteiger partial charge in [0, 0.05) is 25.8 Å². The van der Waals surface area contributed by atoms with Crippen LogP contribution in [0.5, 0.6) is 5.75 Å². The Morgan fingerprint density at radius 3 is 1.57 bits per heavy atom. The van der Waals surface area contributed by atoms with Gasteiger partial charge in [0.05, 0.1) is 28.3 Å². The smallest absolute Gasteiger partial charge is 0.153 e. The zero-order valence-electron chi connectivity index (χ0n) is 15.5. The number of azo groups is 2. The predicted octanol–water partition coefficient (Wildman–Crippen LogP) is 6.10. The number of carbonyl (C=O) groups excluding carboxylic acids is 1. The lowest BCUT2D eigenvalue weighted by molar-refractivity contribution is 0.112. The van der Waals surface area contributed by atoms with Crippen LogP contribution in [0, 0.1) is 0 Å². The number of benzene rings is 3. The van der Waals surface area contributed by atoms with Crippen molar-refractivity contribution in [3.05, 3.63) is 72.3 Å². The van der Waals surface area contributed by atoms with E-state index < -0.39 is 0 Å². The van der Waals surface area contributed by atoms with Gasteiger partial charge in [-0.3, -0.25) is 4.79 Å². The lowest BCUT2D eigenvalue weighted by Gasteiger charge is -2.11. The summed E-state index contributed by atoms with van der Waals surface area (Å²) >= 11 is 0. The predicted molar refractivity (Wildman–Crippen MR) is 109 cm³/mol. The number of carbonyl (C=O) groups is 1. The Bertz CT molecular complexity index is 1010. The number of phenolic OH excluding ortho intramolecular Hbond substituents is 1. The number of anilines is 1. The van der Waals surface area contributed by atoms with Gasteiger partial charge in [0.1, 0.15) is 5.75 Å². The average molecular weight is 373 g/mol. The van der Waals surface area contributed by atoms with Crippen molar-refractivity contribution < 1.29 is 9.90 Å². The molecule has 0 aliphatic rings. The molecule has 3 aromatic rings. The van der Waals surface area contributed by atoms with Crippen molar-refractivity contribution in [2.24, 2.45) is 20.5 Å². The highest BCUT2D eigenvalue weighted by Gasteiger charge is 2.01. The Balaban J connectivity index is 1.66. The standard InChI is InChI=1S/C21H19N5O2/c1-26(2)20-11-9-18(10-12-20)23-22-16-5-7-17(8-6-16)24-25-19-4-3-15(14-27)21(28)13-19/h3-14,28H,1-2H3. The first-order valence-electron chi connectivity index (χ1n) is 8.54. The van der Waals surface area contributed by atoms with E-state index in [0.29, 0.717) is 23.3 Å². The Morgan fingerprint density at radius 1 is 0.714 bits per heavy atom. The third-order valence-electron chi connectivity index (χ3n) is 3.92. The second-order valence-electron chi connectivity index (χ2n) is 6.19. The molecular formula is C21H19N5O2. The Labute approximate surface area is 162 Å². The molecule has 140 valence electrons. The van der Waals surface area contributed by atoms with E-state index in [-0.39, 0.29) is 11.3 Å². The minimum absolute atomic E-state index is 0.124. The van der Waals surface area contributed by atoms with E-state index in [9.17, 15) is 9.90 Å². The summed E-state index contributed by atoms with van der Waals surface area (Å²) in [6.07, 6.45) is 0.583. The summed E-state index contributed by atoms with van der Waals surface area (Å²) in [5.41, 5.74) is 3.87. The van der Waals surface area contributed by atoms with E-state index in [0.717, 1.165) is 11.4 Å². The fraction of sp³-hybridized carbons (Fsp3) is 0.0952. The number of phenols is 1. The molecule has 0 aliphatic heterocycles. The van der Waals surface area contributed by atoms with Gasteiger partial charge in [0.25, 0.3) is 0 Å². The highest BCUT2D eigenvalue weighted by molar-refractivity contribution is 5.80. The van der Waals surface area contributed by atoms with Crippen molar-refractivity contribution in [1.82, 2.24) is 0 Å². The van der Waals surface area contributed by atoms with Gasteiger partial charge in [0.15, 0.2) is 6.29 Å². The summed E-state index contributed by atoms with van der Waals surface area (Å²) in [4.78, 5) is 12.7. The van der Waals surface area contributed by atoms with Crippen LogP contribution in [-0.4, -0.2) is 25.5 Å². The molecule has 0 atom stereocenters. The number of rotatable bonds is 6. The maximum absolute atomic E-state index is 10.7. The molecule has 7 heteroatoms. The molecule has 0 saturated carbocycles. The normalized spacial score (nSPS) is 11.2. The quantitative estimate of drug-likeness (QED) is 0.418. The number of nitrogens with zero attached hydrogens (tertiary/aromatic N) is 5. The zero-order chi connectivity index (χ0) is 19.9. The Morgan fingerprint density at radius 2 is 1.14 bits per heavy atom. The van der Waals surface area contributed by atoms with Crippen molar-refractivity contribution in [2.45, 2.75) is 0 Å². The molecule has 0 radical (unpaired) electrons. The zero-order valence-corrected chi connectivity index (χ0v) is 15.5.